The third-order valence-electron chi connectivity index (χ3n) is 4.37. The van der Waals surface area contributed by atoms with Crippen molar-refractivity contribution in [2.75, 3.05) is 12.3 Å². The monoisotopic (exact) mass is 321 g/mol. The first-order chi connectivity index (χ1) is 11.8. The predicted molar refractivity (Wildman–Crippen MR) is 92.8 cm³/mol. The van der Waals surface area contributed by atoms with Crippen LogP contribution < -0.4 is 10.5 Å². The first kappa shape index (κ1) is 14.8. The molecule has 122 valence electrons. The zero-order valence-electron chi connectivity index (χ0n) is 13.6. The summed E-state index contributed by atoms with van der Waals surface area (Å²) in [4.78, 5) is 4.57. The lowest BCUT2D eigenvalue weighted by atomic mass is 10.0. The lowest BCUT2D eigenvalue weighted by Gasteiger charge is -2.06. The third-order valence-corrected chi connectivity index (χ3v) is 4.37. The van der Waals surface area contributed by atoms with Crippen LogP contribution in [-0.2, 0) is 12.8 Å². The maximum Gasteiger partial charge on any atom is 0.258 e. The Morgan fingerprint density at radius 1 is 1.21 bits per heavy atom. The fraction of sp³-hybridized carbons (Fsp3) is 0.263. The van der Waals surface area contributed by atoms with Gasteiger partial charge in [-0.25, -0.2) is 0 Å². The van der Waals surface area contributed by atoms with E-state index in [0.717, 1.165) is 24.0 Å². The molecule has 0 saturated carbocycles. The average molecular weight is 321 g/mol. The highest BCUT2D eigenvalue weighted by atomic mass is 16.5. The molecule has 5 nitrogen and oxygen atoms in total. The Labute approximate surface area is 140 Å². The van der Waals surface area contributed by atoms with Crippen LogP contribution >= 0.6 is 0 Å². The van der Waals surface area contributed by atoms with Crippen LogP contribution in [0.4, 0.5) is 5.69 Å². The van der Waals surface area contributed by atoms with Crippen LogP contribution in [0.2, 0.25) is 0 Å². The van der Waals surface area contributed by atoms with Gasteiger partial charge >= 0.3 is 0 Å². The normalized spacial score (nSPS) is 13.0. The molecule has 0 fully saturated rings. The molecule has 2 aromatic carbocycles. The molecule has 1 heterocycles. The zero-order valence-corrected chi connectivity index (χ0v) is 13.6. The minimum atomic E-state index is 0.468. The van der Waals surface area contributed by atoms with Gasteiger partial charge in [0.15, 0.2) is 0 Å². The Morgan fingerprint density at radius 3 is 2.96 bits per heavy atom. The molecule has 1 aliphatic carbocycles. The van der Waals surface area contributed by atoms with Crippen LogP contribution in [0.1, 0.15) is 24.5 Å². The number of hydrogen-bond donors (Lipinski definition) is 1. The lowest BCUT2D eigenvalue weighted by molar-refractivity contribution is 0.342. The number of anilines is 1. The third kappa shape index (κ3) is 2.52. The van der Waals surface area contributed by atoms with Crippen molar-refractivity contribution in [3.63, 3.8) is 0 Å². The molecule has 3 aromatic rings. The van der Waals surface area contributed by atoms with E-state index in [0.29, 0.717) is 29.8 Å². The van der Waals surface area contributed by atoms with Crippen LogP contribution in [0.3, 0.4) is 0 Å². The highest BCUT2D eigenvalue weighted by Crippen LogP contribution is 2.33. The molecule has 0 saturated heterocycles. The van der Waals surface area contributed by atoms with E-state index in [1.807, 2.05) is 19.1 Å². The number of benzene rings is 2. The van der Waals surface area contributed by atoms with E-state index >= 15 is 0 Å². The molecule has 24 heavy (non-hydrogen) atoms. The molecule has 1 aliphatic rings. The molecule has 0 aliphatic heterocycles. The van der Waals surface area contributed by atoms with Gasteiger partial charge in [0.05, 0.1) is 12.3 Å². The van der Waals surface area contributed by atoms with Crippen molar-refractivity contribution in [1.29, 1.82) is 0 Å². The Kier molecular flexibility index (Phi) is 3.69. The van der Waals surface area contributed by atoms with E-state index < -0.39 is 0 Å². The second kappa shape index (κ2) is 6.00. The summed E-state index contributed by atoms with van der Waals surface area (Å²) in [5.74, 6) is 1.77. The highest BCUT2D eigenvalue weighted by Gasteiger charge is 2.19. The Balaban J connectivity index is 1.69. The second-order valence-electron chi connectivity index (χ2n) is 5.91. The van der Waals surface area contributed by atoms with Crippen molar-refractivity contribution in [3.05, 3.63) is 47.5 Å². The quantitative estimate of drug-likeness (QED) is 0.738. The van der Waals surface area contributed by atoms with E-state index in [9.17, 15) is 0 Å². The second-order valence-corrected chi connectivity index (χ2v) is 5.91. The molecule has 0 spiro atoms. The van der Waals surface area contributed by atoms with E-state index in [1.54, 1.807) is 6.07 Å². The highest BCUT2D eigenvalue weighted by molar-refractivity contribution is 5.68. The Morgan fingerprint density at radius 2 is 2.12 bits per heavy atom. The smallest absolute Gasteiger partial charge is 0.258 e. The average Bonchev–Trinajstić information content (AvgIpc) is 3.25. The molecular weight excluding hydrogens is 302 g/mol. The van der Waals surface area contributed by atoms with Crippen LogP contribution in [-0.4, -0.2) is 16.7 Å². The SMILES string of the molecule is CCOc1ccc(-c2nc(-c3cccc4c3CCC4)no2)cc1N. The molecule has 0 unspecified atom stereocenters. The Bertz CT molecular complexity index is 886. The number of hydrogen-bond acceptors (Lipinski definition) is 5. The fourth-order valence-electron chi connectivity index (χ4n) is 3.25. The van der Waals surface area contributed by atoms with Gasteiger partial charge in [0.25, 0.3) is 5.89 Å². The maximum atomic E-state index is 6.02. The molecule has 0 atom stereocenters. The standard InChI is InChI=1S/C19H19N3O2/c1-2-23-17-10-9-13(11-16(17)20)19-21-18(22-24-19)15-8-4-6-12-5-3-7-14(12)15/h4,6,8-11H,2-3,5,7,20H2,1H3. The summed E-state index contributed by atoms with van der Waals surface area (Å²) in [6.07, 6.45) is 3.39. The van der Waals surface area contributed by atoms with E-state index in [2.05, 4.69) is 28.3 Å². The van der Waals surface area contributed by atoms with Gasteiger partial charge in [-0.2, -0.15) is 4.98 Å². The predicted octanol–water partition coefficient (Wildman–Crippen LogP) is 3.87. The largest absolute Gasteiger partial charge is 0.492 e. The van der Waals surface area contributed by atoms with Gasteiger partial charge in [0, 0.05) is 11.1 Å². The van der Waals surface area contributed by atoms with Crippen molar-refractivity contribution < 1.29 is 9.26 Å². The number of ether oxygens (including phenoxy) is 1. The first-order valence-corrected chi connectivity index (χ1v) is 8.24. The van der Waals surface area contributed by atoms with Crippen molar-refractivity contribution >= 4 is 5.69 Å². The van der Waals surface area contributed by atoms with Gasteiger partial charge in [0.1, 0.15) is 5.75 Å². The maximum absolute atomic E-state index is 6.02. The van der Waals surface area contributed by atoms with Crippen LogP contribution in [0.25, 0.3) is 22.8 Å². The number of rotatable bonds is 4. The molecule has 0 radical (unpaired) electrons. The topological polar surface area (TPSA) is 74.2 Å². The van der Waals surface area contributed by atoms with Crippen molar-refractivity contribution in [2.45, 2.75) is 26.2 Å². The van der Waals surface area contributed by atoms with Crippen LogP contribution in [0.15, 0.2) is 40.9 Å². The minimum absolute atomic E-state index is 0.468. The van der Waals surface area contributed by atoms with Gasteiger partial charge < -0.3 is 15.0 Å². The zero-order chi connectivity index (χ0) is 16.5. The number of nitrogen functional groups attached to an aromatic ring is 1. The summed E-state index contributed by atoms with van der Waals surface area (Å²) in [7, 11) is 0. The number of fused-ring (bicyclic) bond motifs is 1. The molecule has 0 amide bonds. The molecule has 2 N–H and O–H groups in total. The van der Waals surface area contributed by atoms with E-state index in [4.69, 9.17) is 15.0 Å². The van der Waals surface area contributed by atoms with Gasteiger partial charge in [-0.15, -0.1) is 0 Å². The van der Waals surface area contributed by atoms with Crippen molar-refractivity contribution in [2.24, 2.45) is 0 Å². The molecule has 1 aromatic heterocycles. The number of nitrogens with zero attached hydrogens (tertiary/aromatic N) is 2. The molecule has 4 rings (SSSR count). The number of aromatic nitrogens is 2. The van der Waals surface area contributed by atoms with Crippen molar-refractivity contribution in [3.8, 4) is 28.6 Å². The number of nitrogens with two attached hydrogens (primary N) is 1. The minimum Gasteiger partial charge on any atom is -0.492 e. The van der Waals surface area contributed by atoms with Gasteiger partial charge in [-0.3, -0.25) is 0 Å². The number of aryl methyl sites for hydroxylation is 1. The van der Waals surface area contributed by atoms with E-state index in [-0.39, 0.29) is 0 Å². The van der Waals surface area contributed by atoms with Crippen molar-refractivity contribution in [1.82, 2.24) is 10.1 Å². The Hall–Kier alpha value is -2.82. The van der Waals surface area contributed by atoms with Crippen LogP contribution in [0, 0.1) is 0 Å². The summed E-state index contributed by atoms with van der Waals surface area (Å²) in [6, 6.07) is 11.8. The molecule has 5 heteroatoms. The lowest BCUT2D eigenvalue weighted by Crippen LogP contribution is -1.97. The fourth-order valence-corrected chi connectivity index (χ4v) is 3.25. The first-order valence-electron chi connectivity index (χ1n) is 8.24. The summed E-state index contributed by atoms with van der Waals surface area (Å²) >= 11 is 0. The molecular formula is C19H19N3O2. The summed E-state index contributed by atoms with van der Waals surface area (Å²) in [6.45, 7) is 2.50. The van der Waals surface area contributed by atoms with E-state index in [1.165, 1.54) is 17.5 Å². The van der Waals surface area contributed by atoms with Gasteiger partial charge in [-0.1, -0.05) is 23.4 Å². The van der Waals surface area contributed by atoms with Gasteiger partial charge in [-0.05, 0) is 55.5 Å². The van der Waals surface area contributed by atoms with Gasteiger partial charge in [0.2, 0.25) is 5.82 Å². The van der Waals surface area contributed by atoms with Crippen LogP contribution in [0.5, 0.6) is 5.75 Å². The summed E-state index contributed by atoms with van der Waals surface area (Å²) in [5.41, 5.74) is 11.2. The molecule has 0 bridgehead atoms. The summed E-state index contributed by atoms with van der Waals surface area (Å²) in [5, 5.41) is 4.17. The summed E-state index contributed by atoms with van der Waals surface area (Å²) < 4.78 is 10.9.